The summed E-state index contributed by atoms with van der Waals surface area (Å²) in [5.41, 5.74) is 1.70. The first kappa shape index (κ1) is 25.1. The summed E-state index contributed by atoms with van der Waals surface area (Å²) >= 11 is 19.0. The molecule has 1 heterocycles. The average molecular weight is 548 g/mol. The SMILES string of the molecule is O=C(COc1ccc(Cl)cc1/C=C1\SC(=O)N(Cc2ccccc2Cl)C1=O)Nc1ccc(Cl)cc1. The van der Waals surface area contributed by atoms with Gasteiger partial charge in [-0.2, -0.15) is 0 Å². The molecule has 0 aromatic heterocycles. The zero-order valence-electron chi connectivity index (χ0n) is 18.0. The highest BCUT2D eigenvalue weighted by Gasteiger charge is 2.35. The van der Waals surface area contributed by atoms with Crippen LogP contribution in [0.4, 0.5) is 10.5 Å². The molecule has 1 aliphatic heterocycles. The van der Waals surface area contributed by atoms with E-state index in [1.807, 2.05) is 0 Å². The molecule has 1 aliphatic rings. The van der Waals surface area contributed by atoms with Gasteiger partial charge in [0.2, 0.25) is 0 Å². The summed E-state index contributed by atoms with van der Waals surface area (Å²) in [6.07, 6.45) is 1.52. The van der Waals surface area contributed by atoms with Crippen molar-refractivity contribution < 1.29 is 19.1 Å². The third-order valence-electron chi connectivity index (χ3n) is 4.91. The lowest BCUT2D eigenvalue weighted by atomic mass is 10.1. The molecule has 0 radical (unpaired) electrons. The van der Waals surface area contributed by atoms with E-state index in [2.05, 4.69) is 5.32 Å². The van der Waals surface area contributed by atoms with Gasteiger partial charge in [0.05, 0.1) is 11.4 Å². The quantitative estimate of drug-likeness (QED) is 0.326. The second-order valence-electron chi connectivity index (χ2n) is 7.39. The molecule has 0 saturated carbocycles. The fraction of sp³-hybridized carbons (Fsp3) is 0.0800. The normalized spacial score (nSPS) is 14.5. The van der Waals surface area contributed by atoms with Gasteiger partial charge in [-0.25, -0.2) is 0 Å². The highest BCUT2D eigenvalue weighted by molar-refractivity contribution is 8.18. The van der Waals surface area contributed by atoms with E-state index in [1.54, 1.807) is 66.7 Å². The van der Waals surface area contributed by atoms with Crippen LogP contribution in [0.3, 0.4) is 0 Å². The summed E-state index contributed by atoms with van der Waals surface area (Å²) in [4.78, 5) is 39.1. The van der Waals surface area contributed by atoms with E-state index in [1.165, 1.54) is 6.08 Å². The summed E-state index contributed by atoms with van der Waals surface area (Å²) in [5.74, 6) is -0.502. The lowest BCUT2D eigenvalue weighted by Gasteiger charge is -2.13. The lowest BCUT2D eigenvalue weighted by Crippen LogP contribution is -2.27. The molecule has 6 nitrogen and oxygen atoms in total. The number of halogens is 3. The maximum Gasteiger partial charge on any atom is 0.293 e. The van der Waals surface area contributed by atoms with Crippen molar-refractivity contribution in [1.82, 2.24) is 4.90 Å². The summed E-state index contributed by atoms with van der Waals surface area (Å²) < 4.78 is 5.68. The molecule has 0 aliphatic carbocycles. The first-order valence-electron chi connectivity index (χ1n) is 10.3. The van der Waals surface area contributed by atoms with Crippen LogP contribution in [0.2, 0.25) is 15.1 Å². The number of imide groups is 1. The van der Waals surface area contributed by atoms with Gasteiger partial charge in [-0.1, -0.05) is 53.0 Å². The minimum absolute atomic E-state index is 0.0610. The monoisotopic (exact) mass is 546 g/mol. The maximum absolute atomic E-state index is 13.0. The van der Waals surface area contributed by atoms with E-state index in [-0.39, 0.29) is 24.0 Å². The molecule has 0 spiro atoms. The van der Waals surface area contributed by atoms with Crippen LogP contribution in [0, 0.1) is 0 Å². The minimum atomic E-state index is -0.452. The van der Waals surface area contributed by atoms with Gasteiger partial charge < -0.3 is 10.1 Å². The number of benzene rings is 3. The van der Waals surface area contributed by atoms with Crippen molar-refractivity contribution in [3.63, 3.8) is 0 Å². The van der Waals surface area contributed by atoms with E-state index in [0.717, 1.165) is 16.7 Å². The van der Waals surface area contributed by atoms with Crippen molar-refractivity contribution in [3.8, 4) is 5.75 Å². The highest BCUT2D eigenvalue weighted by atomic mass is 35.5. The van der Waals surface area contributed by atoms with Gasteiger partial charge in [-0.05, 0) is 71.9 Å². The van der Waals surface area contributed by atoms with E-state index < -0.39 is 11.1 Å². The van der Waals surface area contributed by atoms with Gasteiger partial charge in [0.25, 0.3) is 17.1 Å². The Hall–Kier alpha value is -2.97. The molecule has 10 heteroatoms. The molecular weight excluding hydrogens is 531 g/mol. The molecule has 1 N–H and O–H groups in total. The van der Waals surface area contributed by atoms with Crippen molar-refractivity contribution in [2.45, 2.75) is 6.54 Å². The lowest BCUT2D eigenvalue weighted by molar-refractivity contribution is -0.123. The summed E-state index contributed by atoms with van der Waals surface area (Å²) in [6.45, 7) is -0.218. The van der Waals surface area contributed by atoms with Crippen LogP contribution in [0.5, 0.6) is 5.75 Å². The topological polar surface area (TPSA) is 75.7 Å². The van der Waals surface area contributed by atoms with Crippen molar-refractivity contribution in [1.29, 1.82) is 0 Å². The Morgan fingerprint density at radius 1 is 0.971 bits per heavy atom. The van der Waals surface area contributed by atoms with Crippen molar-refractivity contribution in [2.75, 3.05) is 11.9 Å². The largest absolute Gasteiger partial charge is 0.483 e. The Kier molecular flexibility index (Phi) is 8.03. The van der Waals surface area contributed by atoms with Gasteiger partial charge in [-0.3, -0.25) is 19.3 Å². The second kappa shape index (κ2) is 11.2. The third-order valence-corrected chi connectivity index (χ3v) is 6.67. The molecular formula is C25H17Cl3N2O4S. The van der Waals surface area contributed by atoms with Crippen LogP contribution >= 0.6 is 46.6 Å². The standard InChI is InChI=1S/C25H17Cl3N2O4S/c26-17-5-8-19(9-6-17)29-23(31)14-34-21-10-7-18(27)11-16(21)12-22-24(32)30(25(33)35-22)13-15-3-1-2-4-20(15)28/h1-12H,13-14H2,(H,29,31)/b22-12-. The number of thioether (sulfide) groups is 1. The van der Waals surface area contributed by atoms with E-state index in [4.69, 9.17) is 39.5 Å². The second-order valence-corrected chi connectivity index (χ2v) is 9.66. The number of carbonyl (C=O) groups is 3. The molecule has 1 fully saturated rings. The summed E-state index contributed by atoms with van der Waals surface area (Å²) in [7, 11) is 0. The molecule has 35 heavy (non-hydrogen) atoms. The molecule has 1 saturated heterocycles. The fourth-order valence-electron chi connectivity index (χ4n) is 3.21. The van der Waals surface area contributed by atoms with Gasteiger partial charge in [-0.15, -0.1) is 0 Å². The average Bonchev–Trinajstić information content (AvgIpc) is 3.09. The van der Waals surface area contributed by atoms with Crippen LogP contribution in [-0.2, 0) is 16.1 Å². The predicted octanol–water partition coefficient (Wildman–Crippen LogP) is 6.90. The maximum atomic E-state index is 13.0. The van der Waals surface area contributed by atoms with Crippen LogP contribution in [0.15, 0.2) is 71.6 Å². The molecule has 0 unspecified atom stereocenters. The number of amides is 3. The van der Waals surface area contributed by atoms with E-state index >= 15 is 0 Å². The summed E-state index contributed by atoms with van der Waals surface area (Å²) in [5, 5.41) is 3.73. The van der Waals surface area contributed by atoms with E-state index in [0.29, 0.717) is 37.6 Å². The molecule has 0 atom stereocenters. The molecule has 3 aromatic carbocycles. The first-order valence-corrected chi connectivity index (χ1v) is 12.2. The van der Waals surface area contributed by atoms with Gasteiger partial charge in [0, 0.05) is 26.3 Å². The van der Waals surface area contributed by atoms with Crippen LogP contribution in [0.1, 0.15) is 11.1 Å². The number of rotatable bonds is 7. The van der Waals surface area contributed by atoms with Crippen LogP contribution in [-0.4, -0.2) is 28.6 Å². The zero-order chi connectivity index (χ0) is 24.9. The Balaban J connectivity index is 1.48. The highest BCUT2D eigenvalue weighted by Crippen LogP contribution is 2.36. The van der Waals surface area contributed by atoms with Crippen molar-refractivity contribution >= 4 is 75.4 Å². The smallest absolute Gasteiger partial charge is 0.293 e. The first-order chi connectivity index (χ1) is 16.8. The number of nitrogens with zero attached hydrogens (tertiary/aromatic N) is 1. The van der Waals surface area contributed by atoms with Gasteiger partial charge in [0.1, 0.15) is 5.75 Å². The van der Waals surface area contributed by atoms with Crippen molar-refractivity contribution in [2.24, 2.45) is 0 Å². The third kappa shape index (κ3) is 6.38. The Bertz CT molecular complexity index is 1330. The number of hydrogen-bond donors (Lipinski definition) is 1. The van der Waals surface area contributed by atoms with Crippen LogP contribution < -0.4 is 10.1 Å². The molecule has 178 valence electrons. The minimum Gasteiger partial charge on any atom is -0.483 e. The van der Waals surface area contributed by atoms with Crippen molar-refractivity contribution in [3.05, 3.63) is 97.8 Å². The zero-order valence-corrected chi connectivity index (χ0v) is 21.0. The number of anilines is 1. The molecule has 3 amide bonds. The van der Waals surface area contributed by atoms with Gasteiger partial charge in [0.15, 0.2) is 6.61 Å². The summed E-state index contributed by atoms with van der Waals surface area (Å²) in [6, 6.07) is 18.5. The fourth-order valence-corrected chi connectivity index (χ4v) is 4.54. The number of ether oxygens (including phenoxy) is 1. The number of nitrogens with one attached hydrogen (secondary N) is 1. The Morgan fingerprint density at radius 2 is 1.69 bits per heavy atom. The molecule has 3 aromatic rings. The van der Waals surface area contributed by atoms with Crippen LogP contribution in [0.25, 0.3) is 6.08 Å². The number of carbonyl (C=O) groups excluding carboxylic acids is 3. The van der Waals surface area contributed by atoms with E-state index in [9.17, 15) is 14.4 Å². The predicted molar refractivity (Wildman–Crippen MR) is 140 cm³/mol. The molecule has 0 bridgehead atoms. The number of hydrogen-bond acceptors (Lipinski definition) is 5. The van der Waals surface area contributed by atoms with Gasteiger partial charge >= 0.3 is 0 Å². The Labute approximate surface area is 220 Å². The Morgan fingerprint density at radius 3 is 2.43 bits per heavy atom. The molecule has 4 rings (SSSR count).